The number of benzene rings is 1. The van der Waals surface area contributed by atoms with Gasteiger partial charge in [-0.25, -0.2) is 0 Å². The summed E-state index contributed by atoms with van der Waals surface area (Å²) in [6, 6.07) is 5.92. The van der Waals surface area contributed by atoms with E-state index in [4.69, 9.17) is 0 Å². The Morgan fingerprint density at radius 1 is 1.35 bits per heavy atom. The minimum absolute atomic E-state index is 0.163. The number of nitrogens with one attached hydrogen (secondary N) is 2. The molecule has 0 aliphatic heterocycles. The van der Waals surface area contributed by atoms with E-state index >= 15 is 0 Å². The van der Waals surface area contributed by atoms with Crippen LogP contribution in [-0.2, 0) is 0 Å². The third kappa shape index (κ3) is 2.49. The molecular formula is C12H12IN3O. The average molecular weight is 341 g/mol. The Hall–Kier alpha value is -1.37. The fourth-order valence-electron chi connectivity index (χ4n) is 1.62. The van der Waals surface area contributed by atoms with Crippen molar-refractivity contribution in [3.8, 4) is 0 Å². The zero-order chi connectivity index (χ0) is 12.4. The molecule has 5 heteroatoms. The van der Waals surface area contributed by atoms with Gasteiger partial charge in [0.1, 0.15) is 5.69 Å². The number of rotatable bonds is 2. The number of aromatic amines is 1. The molecule has 17 heavy (non-hydrogen) atoms. The zero-order valence-corrected chi connectivity index (χ0v) is 11.7. The van der Waals surface area contributed by atoms with Crippen molar-refractivity contribution in [3.05, 3.63) is 44.8 Å². The first-order chi connectivity index (χ1) is 8.09. The number of hydrogen-bond donors (Lipinski definition) is 2. The Bertz CT molecular complexity index is 542. The van der Waals surface area contributed by atoms with Crippen LogP contribution in [0.4, 0.5) is 5.69 Å². The summed E-state index contributed by atoms with van der Waals surface area (Å²) in [6.45, 7) is 3.95. The van der Waals surface area contributed by atoms with E-state index in [-0.39, 0.29) is 5.91 Å². The van der Waals surface area contributed by atoms with Gasteiger partial charge in [-0.3, -0.25) is 9.89 Å². The number of nitrogens with zero attached hydrogens (tertiary/aromatic N) is 1. The van der Waals surface area contributed by atoms with Crippen LogP contribution in [0, 0.1) is 17.4 Å². The summed E-state index contributed by atoms with van der Waals surface area (Å²) in [6.07, 6.45) is 1.63. The van der Waals surface area contributed by atoms with Crippen LogP contribution in [0.5, 0.6) is 0 Å². The number of aryl methyl sites for hydroxylation is 2. The zero-order valence-electron chi connectivity index (χ0n) is 9.54. The van der Waals surface area contributed by atoms with E-state index in [1.165, 1.54) is 0 Å². The highest BCUT2D eigenvalue weighted by molar-refractivity contribution is 14.1. The van der Waals surface area contributed by atoms with Gasteiger partial charge in [0, 0.05) is 5.69 Å². The van der Waals surface area contributed by atoms with Crippen LogP contribution in [-0.4, -0.2) is 16.1 Å². The van der Waals surface area contributed by atoms with Crippen molar-refractivity contribution in [2.45, 2.75) is 13.8 Å². The van der Waals surface area contributed by atoms with Crippen molar-refractivity contribution in [1.82, 2.24) is 10.2 Å². The van der Waals surface area contributed by atoms with E-state index in [2.05, 4.69) is 38.1 Å². The molecule has 0 atom stereocenters. The van der Waals surface area contributed by atoms with Gasteiger partial charge in [0.15, 0.2) is 0 Å². The fourth-order valence-corrected chi connectivity index (χ4v) is 2.12. The van der Waals surface area contributed by atoms with Crippen LogP contribution in [0.25, 0.3) is 0 Å². The fraction of sp³-hybridized carbons (Fsp3) is 0.167. The molecule has 4 nitrogen and oxygen atoms in total. The quantitative estimate of drug-likeness (QED) is 0.826. The van der Waals surface area contributed by atoms with Crippen molar-refractivity contribution in [1.29, 1.82) is 0 Å². The van der Waals surface area contributed by atoms with Gasteiger partial charge in [-0.2, -0.15) is 5.10 Å². The summed E-state index contributed by atoms with van der Waals surface area (Å²) in [5, 5.41) is 9.44. The molecule has 0 bridgehead atoms. The Labute approximate surface area is 113 Å². The number of hydrogen-bond acceptors (Lipinski definition) is 2. The Morgan fingerprint density at radius 2 is 2.00 bits per heavy atom. The molecule has 0 aliphatic rings. The summed E-state index contributed by atoms with van der Waals surface area (Å²) in [7, 11) is 0. The molecule has 0 saturated heterocycles. The van der Waals surface area contributed by atoms with E-state index in [9.17, 15) is 4.79 Å². The second-order valence-electron chi connectivity index (χ2n) is 3.81. The molecule has 0 fully saturated rings. The predicted molar refractivity (Wildman–Crippen MR) is 75.2 cm³/mol. The summed E-state index contributed by atoms with van der Waals surface area (Å²) < 4.78 is 0.811. The Kier molecular flexibility index (Phi) is 3.46. The molecule has 1 aromatic carbocycles. The number of halogens is 1. The summed E-state index contributed by atoms with van der Waals surface area (Å²) >= 11 is 2.08. The summed E-state index contributed by atoms with van der Waals surface area (Å²) in [5.41, 5.74) is 3.46. The van der Waals surface area contributed by atoms with Crippen LogP contribution in [0.1, 0.15) is 21.6 Å². The smallest absolute Gasteiger partial charge is 0.274 e. The SMILES string of the molecule is Cc1cccc(C)c1NC(=O)c1[nH]ncc1I. The van der Waals surface area contributed by atoms with Crippen LogP contribution in [0.2, 0.25) is 0 Å². The standard InChI is InChI=1S/C12H12IN3O/c1-7-4-3-5-8(2)10(7)15-12(17)11-9(13)6-14-16-11/h3-6H,1-2H3,(H,14,16)(H,15,17). The molecule has 0 spiro atoms. The van der Waals surface area contributed by atoms with Crippen LogP contribution < -0.4 is 5.32 Å². The first-order valence-electron chi connectivity index (χ1n) is 5.16. The highest BCUT2D eigenvalue weighted by Gasteiger charge is 2.13. The number of aromatic nitrogens is 2. The van der Waals surface area contributed by atoms with Gasteiger partial charge in [-0.05, 0) is 47.6 Å². The number of carbonyl (C=O) groups is 1. The van der Waals surface area contributed by atoms with Crippen LogP contribution in [0.15, 0.2) is 24.4 Å². The first kappa shape index (κ1) is 12.1. The Morgan fingerprint density at radius 3 is 2.53 bits per heavy atom. The van der Waals surface area contributed by atoms with E-state index in [1.54, 1.807) is 6.20 Å². The molecule has 1 amide bonds. The second-order valence-corrected chi connectivity index (χ2v) is 4.98. The molecule has 0 unspecified atom stereocenters. The molecule has 1 aromatic heterocycles. The number of anilines is 1. The second kappa shape index (κ2) is 4.87. The molecule has 0 radical (unpaired) electrons. The van der Waals surface area contributed by atoms with Gasteiger partial charge in [0.25, 0.3) is 5.91 Å². The van der Waals surface area contributed by atoms with Crippen LogP contribution in [0.3, 0.4) is 0 Å². The van der Waals surface area contributed by atoms with Gasteiger partial charge in [-0.15, -0.1) is 0 Å². The maximum absolute atomic E-state index is 12.0. The van der Waals surface area contributed by atoms with Crippen LogP contribution >= 0.6 is 22.6 Å². The van der Waals surface area contributed by atoms with Gasteiger partial charge in [0.05, 0.1) is 9.77 Å². The molecular weight excluding hydrogens is 329 g/mol. The number of H-pyrrole nitrogens is 1. The highest BCUT2D eigenvalue weighted by atomic mass is 127. The topological polar surface area (TPSA) is 57.8 Å². The van der Waals surface area contributed by atoms with E-state index < -0.39 is 0 Å². The third-order valence-corrected chi connectivity index (χ3v) is 3.36. The third-order valence-electron chi connectivity index (χ3n) is 2.54. The van der Waals surface area contributed by atoms with Gasteiger partial charge in [-0.1, -0.05) is 18.2 Å². The maximum Gasteiger partial charge on any atom is 0.274 e. The molecule has 0 saturated carbocycles. The highest BCUT2D eigenvalue weighted by Crippen LogP contribution is 2.20. The summed E-state index contributed by atoms with van der Waals surface area (Å²) in [4.78, 5) is 12.0. The van der Waals surface area contributed by atoms with Gasteiger partial charge < -0.3 is 5.32 Å². The molecule has 1 heterocycles. The number of para-hydroxylation sites is 1. The molecule has 0 aliphatic carbocycles. The number of amides is 1. The summed E-state index contributed by atoms with van der Waals surface area (Å²) in [5.74, 6) is -0.163. The minimum Gasteiger partial charge on any atom is -0.320 e. The van der Waals surface area contributed by atoms with Crippen molar-refractivity contribution in [2.75, 3.05) is 5.32 Å². The average Bonchev–Trinajstić information content (AvgIpc) is 2.70. The number of carbonyl (C=O) groups excluding carboxylic acids is 1. The van der Waals surface area contributed by atoms with Crippen molar-refractivity contribution < 1.29 is 4.79 Å². The van der Waals surface area contributed by atoms with E-state index in [0.29, 0.717) is 5.69 Å². The predicted octanol–water partition coefficient (Wildman–Crippen LogP) is 2.88. The monoisotopic (exact) mass is 341 g/mol. The largest absolute Gasteiger partial charge is 0.320 e. The lowest BCUT2D eigenvalue weighted by Crippen LogP contribution is -2.15. The minimum atomic E-state index is -0.163. The maximum atomic E-state index is 12.0. The Balaban J connectivity index is 2.28. The van der Waals surface area contributed by atoms with Crippen molar-refractivity contribution in [2.24, 2.45) is 0 Å². The van der Waals surface area contributed by atoms with Crippen molar-refractivity contribution in [3.63, 3.8) is 0 Å². The normalized spacial score (nSPS) is 10.3. The molecule has 2 aromatic rings. The molecule has 88 valence electrons. The lowest BCUT2D eigenvalue weighted by molar-refractivity contribution is 0.102. The van der Waals surface area contributed by atoms with Gasteiger partial charge in [0.2, 0.25) is 0 Å². The molecule has 2 rings (SSSR count). The van der Waals surface area contributed by atoms with Crippen molar-refractivity contribution >= 4 is 34.2 Å². The lowest BCUT2D eigenvalue weighted by Gasteiger charge is -2.10. The van der Waals surface area contributed by atoms with E-state index in [0.717, 1.165) is 20.4 Å². The van der Waals surface area contributed by atoms with Gasteiger partial charge >= 0.3 is 0 Å². The van der Waals surface area contributed by atoms with E-state index in [1.807, 2.05) is 32.0 Å². The molecule has 2 N–H and O–H groups in total. The first-order valence-corrected chi connectivity index (χ1v) is 6.24. The lowest BCUT2D eigenvalue weighted by atomic mass is 10.1.